The Kier molecular flexibility index (Phi) is 4.36. The van der Waals surface area contributed by atoms with Gasteiger partial charge in [-0.25, -0.2) is 4.98 Å². The summed E-state index contributed by atoms with van der Waals surface area (Å²) in [5.74, 6) is 1.62. The minimum atomic E-state index is 0.712. The average molecular weight is 246 g/mol. The van der Waals surface area contributed by atoms with Gasteiger partial charge in [-0.15, -0.1) is 0 Å². The molecule has 4 heteroatoms. The Balaban J connectivity index is 1.97. The molecule has 0 bridgehead atoms. The first-order valence-electron chi connectivity index (χ1n) is 6.02. The molecule has 2 aromatic rings. The van der Waals surface area contributed by atoms with Crippen molar-refractivity contribution in [2.24, 2.45) is 0 Å². The van der Waals surface area contributed by atoms with Crippen molar-refractivity contribution in [3.8, 4) is 5.75 Å². The number of likely N-dealkylation sites (N-methyl/N-ethyl adjacent to an activating group) is 1. The molecule has 0 aliphatic rings. The maximum atomic E-state index is 5.45. The maximum absolute atomic E-state index is 5.45. The Morgan fingerprint density at radius 2 is 2.06 bits per heavy atom. The van der Waals surface area contributed by atoms with E-state index in [0.29, 0.717) is 6.42 Å². The minimum Gasteiger partial charge on any atom is -0.497 e. The number of ether oxygens (including phenoxy) is 1. The summed E-state index contributed by atoms with van der Waals surface area (Å²) in [6.07, 6.45) is 3.34. The molecule has 4 nitrogen and oxygen atoms in total. The summed E-state index contributed by atoms with van der Waals surface area (Å²) >= 11 is 0. The third kappa shape index (κ3) is 3.34. The average Bonchev–Trinajstić information content (AvgIpc) is 2.85. The van der Waals surface area contributed by atoms with Crippen molar-refractivity contribution in [3.63, 3.8) is 0 Å². The van der Waals surface area contributed by atoms with Crippen LogP contribution in [0.2, 0.25) is 0 Å². The zero-order valence-corrected chi connectivity index (χ0v) is 10.8. The van der Waals surface area contributed by atoms with Crippen LogP contribution in [0.5, 0.6) is 5.75 Å². The van der Waals surface area contributed by atoms with Gasteiger partial charge in [0.25, 0.3) is 0 Å². The zero-order valence-electron chi connectivity index (χ0n) is 10.8. The van der Waals surface area contributed by atoms with Gasteiger partial charge in [-0.2, -0.15) is 0 Å². The predicted octanol–water partition coefficient (Wildman–Crippen LogP) is 2.04. The van der Waals surface area contributed by atoms with Crippen molar-refractivity contribution in [3.05, 3.63) is 47.7 Å². The molecule has 1 N–H and O–H groups in total. The lowest BCUT2D eigenvalue weighted by molar-refractivity contribution is 0.414. The molecule has 0 aliphatic heterocycles. The van der Waals surface area contributed by atoms with E-state index in [-0.39, 0.29) is 0 Å². The SMILES string of the molecule is CNCCc1coc(Cc2ccc(OC)cc2)n1. The van der Waals surface area contributed by atoms with Crippen LogP contribution >= 0.6 is 0 Å². The van der Waals surface area contributed by atoms with E-state index in [1.165, 1.54) is 0 Å². The van der Waals surface area contributed by atoms with Gasteiger partial charge >= 0.3 is 0 Å². The number of hydrogen-bond donors (Lipinski definition) is 1. The largest absolute Gasteiger partial charge is 0.497 e. The fraction of sp³-hybridized carbons (Fsp3) is 0.357. The molecular formula is C14H18N2O2. The highest BCUT2D eigenvalue weighted by molar-refractivity contribution is 5.28. The maximum Gasteiger partial charge on any atom is 0.198 e. The molecule has 18 heavy (non-hydrogen) atoms. The number of oxazole rings is 1. The molecule has 0 saturated carbocycles. The lowest BCUT2D eigenvalue weighted by atomic mass is 10.1. The molecule has 0 spiro atoms. The number of benzene rings is 1. The summed E-state index contributed by atoms with van der Waals surface area (Å²) in [7, 11) is 3.59. The van der Waals surface area contributed by atoms with Gasteiger partial charge in [-0.05, 0) is 24.7 Å². The quantitative estimate of drug-likeness (QED) is 0.847. The van der Waals surface area contributed by atoms with Crippen LogP contribution in [0.4, 0.5) is 0 Å². The molecular weight excluding hydrogens is 228 g/mol. The number of nitrogens with zero attached hydrogens (tertiary/aromatic N) is 1. The monoisotopic (exact) mass is 246 g/mol. The van der Waals surface area contributed by atoms with Gasteiger partial charge in [0.1, 0.15) is 12.0 Å². The number of hydrogen-bond acceptors (Lipinski definition) is 4. The van der Waals surface area contributed by atoms with Crippen LogP contribution < -0.4 is 10.1 Å². The molecule has 0 atom stereocenters. The summed E-state index contributed by atoms with van der Waals surface area (Å²) in [6.45, 7) is 0.911. The van der Waals surface area contributed by atoms with E-state index < -0.39 is 0 Å². The molecule has 0 saturated heterocycles. The van der Waals surface area contributed by atoms with Crippen molar-refractivity contribution in [1.82, 2.24) is 10.3 Å². The zero-order chi connectivity index (χ0) is 12.8. The van der Waals surface area contributed by atoms with Crippen molar-refractivity contribution in [2.75, 3.05) is 20.7 Å². The van der Waals surface area contributed by atoms with Gasteiger partial charge in [-0.1, -0.05) is 12.1 Å². The molecule has 0 radical (unpaired) electrons. The van der Waals surface area contributed by atoms with E-state index in [1.807, 2.05) is 31.3 Å². The highest BCUT2D eigenvalue weighted by Gasteiger charge is 2.05. The second-order valence-corrected chi connectivity index (χ2v) is 4.11. The standard InChI is InChI=1S/C14H18N2O2/c1-15-8-7-12-10-18-14(16-12)9-11-3-5-13(17-2)6-4-11/h3-6,10,15H,7-9H2,1-2H3. The Morgan fingerprint density at radius 3 is 2.72 bits per heavy atom. The van der Waals surface area contributed by atoms with E-state index in [4.69, 9.17) is 9.15 Å². The predicted molar refractivity (Wildman–Crippen MR) is 69.9 cm³/mol. The van der Waals surface area contributed by atoms with Crippen LogP contribution in [0.25, 0.3) is 0 Å². The Morgan fingerprint density at radius 1 is 1.28 bits per heavy atom. The fourth-order valence-electron chi connectivity index (χ4n) is 1.72. The Hall–Kier alpha value is -1.81. The van der Waals surface area contributed by atoms with Gasteiger partial charge in [0.15, 0.2) is 5.89 Å². The second-order valence-electron chi connectivity index (χ2n) is 4.11. The van der Waals surface area contributed by atoms with Gasteiger partial charge in [0.05, 0.1) is 12.8 Å². The van der Waals surface area contributed by atoms with E-state index in [1.54, 1.807) is 13.4 Å². The third-order valence-electron chi connectivity index (χ3n) is 2.74. The number of methoxy groups -OCH3 is 1. The van der Waals surface area contributed by atoms with E-state index >= 15 is 0 Å². The summed E-state index contributed by atoms with van der Waals surface area (Å²) in [5, 5.41) is 3.09. The number of aromatic nitrogens is 1. The molecule has 0 aliphatic carbocycles. The molecule has 0 unspecified atom stereocenters. The molecule has 0 fully saturated rings. The first kappa shape index (κ1) is 12.6. The second kappa shape index (κ2) is 6.21. The summed E-state index contributed by atoms with van der Waals surface area (Å²) in [5.41, 5.74) is 2.16. The first-order chi connectivity index (χ1) is 8.81. The molecule has 1 aromatic heterocycles. The van der Waals surface area contributed by atoms with Crippen LogP contribution in [-0.2, 0) is 12.8 Å². The van der Waals surface area contributed by atoms with Crippen molar-refractivity contribution < 1.29 is 9.15 Å². The van der Waals surface area contributed by atoms with Crippen molar-refractivity contribution in [1.29, 1.82) is 0 Å². The normalized spacial score (nSPS) is 10.6. The van der Waals surface area contributed by atoms with E-state index in [9.17, 15) is 0 Å². The van der Waals surface area contributed by atoms with Crippen molar-refractivity contribution in [2.45, 2.75) is 12.8 Å². The first-order valence-corrected chi connectivity index (χ1v) is 6.02. The summed E-state index contributed by atoms with van der Waals surface area (Å²) in [6, 6.07) is 7.94. The Labute approximate surface area is 107 Å². The fourth-order valence-corrected chi connectivity index (χ4v) is 1.72. The van der Waals surface area contributed by atoms with Gasteiger partial charge in [0.2, 0.25) is 0 Å². The summed E-state index contributed by atoms with van der Waals surface area (Å²) < 4.78 is 10.6. The van der Waals surface area contributed by atoms with Crippen LogP contribution in [0.1, 0.15) is 17.1 Å². The smallest absolute Gasteiger partial charge is 0.198 e. The lowest BCUT2D eigenvalue weighted by Gasteiger charge is -2.00. The van der Waals surface area contributed by atoms with Gasteiger partial charge in [0, 0.05) is 19.4 Å². The summed E-state index contributed by atoms with van der Waals surface area (Å²) in [4.78, 5) is 4.45. The van der Waals surface area contributed by atoms with E-state index in [2.05, 4.69) is 10.3 Å². The molecule has 96 valence electrons. The third-order valence-corrected chi connectivity index (χ3v) is 2.74. The topological polar surface area (TPSA) is 47.3 Å². The number of nitrogens with one attached hydrogen (secondary N) is 1. The Bertz CT molecular complexity index is 477. The van der Waals surface area contributed by atoms with Crippen molar-refractivity contribution >= 4 is 0 Å². The molecule has 0 amide bonds. The van der Waals surface area contributed by atoms with Crippen LogP contribution in [0.15, 0.2) is 34.9 Å². The highest BCUT2D eigenvalue weighted by Crippen LogP contribution is 2.14. The molecule has 1 aromatic carbocycles. The highest BCUT2D eigenvalue weighted by atomic mass is 16.5. The minimum absolute atomic E-state index is 0.712. The van der Waals surface area contributed by atoms with Crippen LogP contribution in [0, 0.1) is 0 Å². The number of rotatable bonds is 6. The van der Waals surface area contributed by atoms with Crippen LogP contribution in [-0.4, -0.2) is 25.7 Å². The van der Waals surface area contributed by atoms with E-state index in [0.717, 1.165) is 35.9 Å². The molecule has 2 rings (SSSR count). The van der Waals surface area contributed by atoms with Gasteiger partial charge in [-0.3, -0.25) is 0 Å². The van der Waals surface area contributed by atoms with Gasteiger partial charge < -0.3 is 14.5 Å². The lowest BCUT2D eigenvalue weighted by Crippen LogP contribution is -2.10. The van der Waals surface area contributed by atoms with Crippen LogP contribution in [0.3, 0.4) is 0 Å². The molecule has 1 heterocycles.